The van der Waals surface area contributed by atoms with Crippen molar-refractivity contribution >= 4 is 11.9 Å². The molecule has 1 amide bonds. The van der Waals surface area contributed by atoms with Gasteiger partial charge in [-0.3, -0.25) is 4.79 Å². The molecule has 116 valence electrons. The summed E-state index contributed by atoms with van der Waals surface area (Å²) in [5, 5.41) is 2.95. The largest absolute Gasteiger partial charge is 0.455 e. The molecule has 0 aromatic carbocycles. The van der Waals surface area contributed by atoms with Crippen molar-refractivity contribution in [2.75, 3.05) is 24.5 Å². The zero-order valence-electron chi connectivity index (χ0n) is 11.3. The van der Waals surface area contributed by atoms with Crippen LogP contribution >= 0.6 is 0 Å². The number of carbonyl (C=O) groups is 1. The molecule has 2 aliphatic heterocycles. The van der Waals surface area contributed by atoms with Gasteiger partial charge < -0.3 is 14.3 Å². The number of halogens is 3. The molecule has 0 atom stereocenters. The lowest BCUT2D eigenvalue weighted by Gasteiger charge is -2.35. The second-order valence-electron chi connectivity index (χ2n) is 5.31. The minimum absolute atomic E-state index is 0.103. The Hall–Kier alpha value is -1.80. The molecule has 0 unspecified atom stereocenters. The Labute approximate surface area is 118 Å². The van der Waals surface area contributed by atoms with Crippen molar-refractivity contribution in [2.45, 2.75) is 37.9 Å². The van der Waals surface area contributed by atoms with Crippen LogP contribution in [0, 0.1) is 0 Å². The zero-order chi connectivity index (χ0) is 15.0. The second-order valence-corrected chi connectivity index (χ2v) is 5.31. The topological polar surface area (TPSA) is 62.5 Å². The first kappa shape index (κ1) is 14.2. The predicted molar refractivity (Wildman–Crippen MR) is 65.5 cm³/mol. The molecular weight excluding hydrogens is 289 g/mol. The van der Waals surface area contributed by atoms with Crippen molar-refractivity contribution in [3.05, 3.63) is 5.82 Å². The van der Waals surface area contributed by atoms with Crippen LogP contribution in [-0.4, -0.2) is 46.6 Å². The van der Waals surface area contributed by atoms with E-state index in [9.17, 15) is 18.0 Å². The number of aromatic nitrogens is 2. The highest BCUT2D eigenvalue weighted by molar-refractivity contribution is 5.78. The lowest BCUT2D eigenvalue weighted by atomic mass is 10.0. The molecular formula is C12H15F3N4O2. The van der Waals surface area contributed by atoms with Crippen molar-refractivity contribution in [1.29, 1.82) is 0 Å². The van der Waals surface area contributed by atoms with Crippen molar-refractivity contribution in [3.8, 4) is 0 Å². The summed E-state index contributed by atoms with van der Waals surface area (Å²) in [5.41, 5.74) is 0. The molecule has 21 heavy (non-hydrogen) atoms. The minimum Gasteiger partial charge on any atom is -0.340 e. The normalized spacial score (nSPS) is 21.4. The molecule has 2 saturated heterocycles. The maximum Gasteiger partial charge on any atom is 0.455 e. The highest BCUT2D eigenvalue weighted by Crippen LogP contribution is 2.29. The number of carbonyl (C=O) groups excluding carboxylic acids is 1. The van der Waals surface area contributed by atoms with E-state index in [2.05, 4.69) is 14.7 Å². The number of piperidine rings is 1. The average molecular weight is 304 g/mol. The van der Waals surface area contributed by atoms with E-state index in [-0.39, 0.29) is 18.0 Å². The van der Waals surface area contributed by atoms with Crippen LogP contribution in [0.5, 0.6) is 0 Å². The molecule has 0 aliphatic carbocycles. The van der Waals surface area contributed by atoms with Gasteiger partial charge in [0, 0.05) is 32.1 Å². The molecule has 0 N–H and O–H groups in total. The standard InChI is InChI=1S/C12H15F3N4O2/c13-12(14,15)10-16-11(21-17-10)18-6-3-8(4-7-18)19-5-1-2-9(19)20/h8H,1-7H2. The highest BCUT2D eigenvalue weighted by atomic mass is 19.4. The van der Waals surface area contributed by atoms with Crippen molar-refractivity contribution < 1.29 is 22.5 Å². The fourth-order valence-electron chi connectivity index (χ4n) is 2.88. The molecule has 6 nitrogen and oxygen atoms in total. The average Bonchev–Trinajstić information content (AvgIpc) is 3.07. The number of amides is 1. The number of anilines is 1. The molecule has 0 radical (unpaired) electrons. The van der Waals surface area contributed by atoms with Gasteiger partial charge in [0.15, 0.2) is 0 Å². The van der Waals surface area contributed by atoms with Crippen LogP contribution in [0.15, 0.2) is 4.52 Å². The Kier molecular flexibility index (Phi) is 3.50. The number of nitrogens with zero attached hydrogens (tertiary/aromatic N) is 4. The SMILES string of the molecule is O=C1CCCN1C1CCN(c2nc(C(F)(F)F)no2)CC1. The van der Waals surface area contributed by atoms with Gasteiger partial charge in [-0.25, -0.2) is 0 Å². The number of hydrogen-bond donors (Lipinski definition) is 0. The quantitative estimate of drug-likeness (QED) is 0.832. The summed E-state index contributed by atoms with van der Waals surface area (Å²) in [6.45, 7) is 1.80. The maximum absolute atomic E-state index is 12.4. The third-order valence-electron chi connectivity index (χ3n) is 3.95. The molecule has 0 bridgehead atoms. The van der Waals surface area contributed by atoms with E-state index in [1.54, 1.807) is 4.90 Å². The lowest BCUT2D eigenvalue weighted by molar-refractivity contribution is -0.146. The molecule has 0 saturated carbocycles. The van der Waals surface area contributed by atoms with Crippen LogP contribution in [0.1, 0.15) is 31.5 Å². The van der Waals surface area contributed by atoms with Crippen LogP contribution < -0.4 is 4.90 Å². The van der Waals surface area contributed by atoms with E-state index >= 15 is 0 Å². The van der Waals surface area contributed by atoms with Crippen molar-refractivity contribution in [2.24, 2.45) is 0 Å². The molecule has 3 heterocycles. The summed E-state index contributed by atoms with van der Waals surface area (Å²) in [7, 11) is 0. The molecule has 9 heteroatoms. The molecule has 3 rings (SSSR count). The first-order valence-electron chi connectivity index (χ1n) is 6.90. The molecule has 2 fully saturated rings. The fraction of sp³-hybridized carbons (Fsp3) is 0.750. The monoisotopic (exact) mass is 304 g/mol. The van der Waals surface area contributed by atoms with E-state index in [1.165, 1.54) is 0 Å². The van der Waals surface area contributed by atoms with E-state index in [1.807, 2.05) is 4.90 Å². The van der Waals surface area contributed by atoms with Gasteiger partial charge in [0.25, 0.3) is 5.82 Å². The minimum atomic E-state index is -4.60. The molecule has 2 aliphatic rings. The van der Waals surface area contributed by atoms with Crippen molar-refractivity contribution in [3.63, 3.8) is 0 Å². The van der Waals surface area contributed by atoms with Crippen LogP contribution in [0.4, 0.5) is 19.2 Å². The Morgan fingerprint density at radius 1 is 1.19 bits per heavy atom. The van der Waals surface area contributed by atoms with Gasteiger partial charge in [0.2, 0.25) is 5.91 Å². The zero-order valence-corrected chi connectivity index (χ0v) is 11.3. The molecule has 1 aromatic rings. The van der Waals surface area contributed by atoms with Crippen LogP contribution in [0.25, 0.3) is 0 Å². The molecule has 1 aromatic heterocycles. The maximum atomic E-state index is 12.4. The van der Waals surface area contributed by atoms with Gasteiger partial charge in [0.05, 0.1) is 0 Å². The highest BCUT2D eigenvalue weighted by Gasteiger charge is 2.38. The summed E-state index contributed by atoms with van der Waals surface area (Å²) >= 11 is 0. The summed E-state index contributed by atoms with van der Waals surface area (Å²) in [5.74, 6) is -1.08. The van der Waals surface area contributed by atoms with E-state index < -0.39 is 12.0 Å². The number of likely N-dealkylation sites (tertiary alicyclic amines) is 1. The Morgan fingerprint density at radius 2 is 1.90 bits per heavy atom. The number of hydrogen-bond acceptors (Lipinski definition) is 5. The second kappa shape index (κ2) is 5.19. The van der Waals surface area contributed by atoms with Gasteiger partial charge in [-0.05, 0) is 24.4 Å². The van der Waals surface area contributed by atoms with Crippen molar-refractivity contribution in [1.82, 2.24) is 15.0 Å². The van der Waals surface area contributed by atoms with Gasteiger partial charge in [-0.15, -0.1) is 0 Å². The third-order valence-corrected chi connectivity index (χ3v) is 3.95. The van der Waals surface area contributed by atoms with Crippen LogP contribution in [0.3, 0.4) is 0 Å². The lowest BCUT2D eigenvalue weighted by Crippen LogP contribution is -2.45. The van der Waals surface area contributed by atoms with E-state index in [4.69, 9.17) is 0 Å². The summed E-state index contributed by atoms with van der Waals surface area (Å²) in [6.07, 6.45) is -1.70. The summed E-state index contributed by atoms with van der Waals surface area (Å²) in [4.78, 5) is 18.6. The Morgan fingerprint density at radius 3 is 2.43 bits per heavy atom. The van der Waals surface area contributed by atoms with Crippen LogP contribution in [0.2, 0.25) is 0 Å². The number of alkyl halides is 3. The van der Waals surface area contributed by atoms with Crippen LogP contribution in [-0.2, 0) is 11.0 Å². The predicted octanol–water partition coefficient (Wildman–Crippen LogP) is 1.68. The fourth-order valence-corrected chi connectivity index (χ4v) is 2.88. The summed E-state index contributed by atoms with van der Waals surface area (Å²) in [6, 6.07) is 0.0646. The first-order chi connectivity index (χ1) is 9.95. The number of rotatable bonds is 2. The van der Waals surface area contributed by atoms with Gasteiger partial charge in [-0.1, -0.05) is 0 Å². The molecule has 0 spiro atoms. The summed E-state index contributed by atoms with van der Waals surface area (Å²) < 4.78 is 42.0. The van der Waals surface area contributed by atoms with Gasteiger partial charge in [0.1, 0.15) is 0 Å². The first-order valence-corrected chi connectivity index (χ1v) is 6.90. The Balaban J connectivity index is 1.61. The Bertz CT molecular complexity index is 523. The van der Waals surface area contributed by atoms with Gasteiger partial charge in [-0.2, -0.15) is 18.2 Å². The third kappa shape index (κ3) is 2.81. The van der Waals surface area contributed by atoms with E-state index in [0.717, 1.165) is 13.0 Å². The smallest absolute Gasteiger partial charge is 0.340 e. The van der Waals surface area contributed by atoms with Gasteiger partial charge >= 0.3 is 12.2 Å². The van der Waals surface area contributed by atoms with E-state index in [0.29, 0.717) is 32.4 Å².